The summed E-state index contributed by atoms with van der Waals surface area (Å²) in [5, 5.41) is 3.43. The first kappa shape index (κ1) is 14.2. The normalized spacial score (nSPS) is 20.9. The van der Waals surface area contributed by atoms with Crippen LogP contribution in [0.15, 0.2) is 18.2 Å². The number of methoxy groups -OCH3 is 2. The Balaban J connectivity index is 2.09. The van der Waals surface area contributed by atoms with Crippen LogP contribution in [0.2, 0.25) is 0 Å². The molecule has 2 atom stereocenters. The SMILES string of the molecule is COc1ccc(OC)c(C(N)CC2CCCNC2)c1. The average Bonchev–Trinajstić information content (AvgIpc) is 2.47. The molecule has 0 aliphatic carbocycles. The van der Waals surface area contributed by atoms with Crippen LogP contribution in [0.5, 0.6) is 11.5 Å². The summed E-state index contributed by atoms with van der Waals surface area (Å²) >= 11 is 0. The van der Waals surface area contributed by atoms with Gasteiger partial charge >= 0.3 is 0 Å². The summed E-state index contributed by atoms with van der Waals surface area (Å²) in [6.07, 6.45) is 3.48. The highest BCUT2D eigenvalue weighted by Gasteiger charge is 2.20. The molecule has 1 aliphatic heterocycles. The van der Waals surface area contributed by atoms with Crippen molar-refractivity contribution in [2.75, 3.05) is 27.3 Å². The zero-order valence-corrected chi connectivity index (χ0v) is 11.8. The first-order chi connectivity index (χ1) is 9.24. The van der Waals surface area contributed by atoms with Gasteiger partial charge in [0.2, 0.25) is 0 Å². The van der Waals surface area contributed by atoms with Crippen molar-refractivity contribution in [3.63, 3.8) is 0 Å². The van der Waals surface area contributed by atoms with Crippen molar-refractivity contribution in [3.8, 4) is 11.5 Å². The number of ether oxygens (including phenoxy) is 2. The Bertz CT molecular complexity index is 403. The van der Waals surface area contributed by atoms with Crippen molar-refractivity contribution in [2.24, 2.45) is 11.7 Å². The van der Waals surface area contributed by atoms with Crippen molar-refractivity contribution in [1.29, 1.82) is 0 Å². The van der Waals surface area contributed by atoms with Crippen LogP contribution in [-0.4, -0.2) is 27.3 Å². The molecule has 4 heteroatoms. The third kappa shape index (κ3) is 3.61. The lowest BCUT2D eigenvalue weighted by molar-refractivity contribution is 0.330. The number of nitrogens with one attached hydrogen (secondary N) is 1. The Labute approximate surface area is 115 Å². The third-order valence-electron chi connectivity index (χ3n) is 3.82. The topological polar surface area (TPSA) is 56.5 Å². The van der Waals surface area contributed by atoms with Gasteiger partial charge in [0, 0.05) is 11.6 Å². The predicted molar refractivity (Wildman–Crippen MR) is 76.7 cm³/mol. The van der Waals surface area contributed by atoms with Crippen molar-refractivity contribution in [3.05, 3.63) is 23.8 Å². The van der Waals surface area contributed by atoms with Crippen LogP contribution in [0.3, 0.4) is 0 Å². The minimum absolute atomic E-state index is 0.00468. The third-order valence-corrected chi connectivity index (χ3v) is 3.82. The number of rotatable bonds is 5. The van der Waals surface area contributed by atoms with E-state index in [1.165, 1.54) is 12.8 Å². The molecule has 2 rings (SSSR count). The summed E-state index contributed by atoms with van der Waals surface area (Å²) in [4.78, 5) is 0. The lowest BCUT2D eigenvalue weighted by Crippen LogP contribution is -2.31. The van der Waals surface area contributed by atoms with E-state index in [0.717, 1.165) is 36.6 Å². The molecule has 1 saturated heterocycles. The molecular weight excluding hydrogens is 240 g/mol. The maximum absolute atomic E-state index is 6.36. The molecule has 1 aliphatic rings. The maximum Gasteiger partial charge on any atom is 0.123 e. The molecule has 0 amide bonds. The van der Waals surface area contributed by atoms with Gasteiger partial charge in [-0.25, -0.2) is 0 Å². The van der Waals surface area contributed by atoms with Crippen molar-refractivity contribution < 1.29 is 9.47 Å². The van der Waals surface area contributed by atoms with Crippen LogP contribution in [0.25, 0.3) is 0 Å². The average molecular weight is 264 g/mol. The quantitative estimate of drug-likeness (QED) is 0.855. The van der Waals surface area contributed by atoms with Gasteiger partial charge in [-0.2, -0.15) is 0 Å². The zero-order chi connectivity index (χ0) is 13.7. The molecule has 19 heavy (non-hydrogen) atoms. The van der Waals surface area contributed by atoms with Crippen LogP contribution in [0.1, 0.15) is 30.9 Å². The van der Waals surface area contributed by atoms with Crippen molar-refractivity contribution in [2.45, 2.75) is 25.3 Å². The van der Waals surface area contributed by atoms with E-state index in [0.29, 0.717) is 5.92 Å². The van der Waals surface area contributed by atoms with Crippen LogP contribution in [0, 0.1) is 5.92 Å². The summed E-state index contributed by atoms with van der Waals surface area (Å²) in [7, 11) is 3.35. The first-order valence-electron chi connectivity index (χ1n) is 6.92. The smallest absolute Gasteiger partial charge is 0.123 e. The van der Waals surface area contributed by atoms with Gasteiger partial charge in [-0.15, -0.1) is 0 Å². The van der Waals surface area contributed by atoms with Crippen LogP contribution in [0.4, 0.5) is 0 Å². The monoisotopic (exact) mass is 264 g/mol. The molecule has 0 saturated carbocycles. The highest BCUT2D eigenvalue weighted by molar-refractivity contribution is 5.42. The standard InChI is InChI=1S/C15H24N2O2/c1-18-12-5-6-15(19-2)13(9-12)14(16)8-11-4-3-7-17-10-11/h5-6,9,11,14,17H,3-4,7-8,10,16H2,1-2H3. The van der Waals surface area contributed by atoms with Gasteiger partial charge in [0.25, 0.3) is 0 Å². The summed E-state index contributed by atoms with van der Waals surface area (Å²) in [6.45, 7) is 2.20. The highest BCUT2D eigenvalue weighted by Crippen LogP contribution is 2.32. The fourth-order valence-electron chi connectivity index (χ4n) is 2.74. The van der Waals surface area contributed by atoms with Gasteiger partial charge in [0.1, 0.15) is 11.5 Å². The van der Waals surface area contributed by atoms with Crippen molar-refractivity contribution >= 4 is 0 Å². The molecular formula is C15H24N2O2. The number of hydrogen-bond acceptors (Lipinski definition) is 4. The summed E-state index contributed by atoms with van der Waals surface area (Å²) in [5.74, 6) is 2.32. The van der Waals surface area contributed by atoms with Crippen LogP contribution < -0.4 is 20.5 Å². The Hall–Kier alpha value is -1.26. The molecule has 1 fully saturated rings. The summed E-state index contributed by atoms with van der Waals surface area (Å²) in [6, 6.07) is 5.80. The molecule has 0 aromatic heterocycles. The molecule has 2 unspecified atom stereocenters. The first-order valence-corrected chi connectivity index (χ1v) is 6.92. The molecule has 1 aromatic carbocycles. The molecule has 0 radical (unpaired) electrons. The van der Waals surface area contributed by atoms with Gasteiger partial charge in [0.15, 0.2) is 0 Å². The van der Waals surface area contributed by atoms with E-state index in [1.54, 1.807) is 14.2 Å². The van der Waals surface area contributed by atoms with E-state index in [2.05, 4.69) is 5.32 Å². The van der Waals surface area contributed by atoms with E-state index in [4.69, 9.17) is 15.2 Å². The highest BCUT2D eigenvalue weighted by atomic mass is 16.5. The second kappa shape index (κ2) is 6.78. The predicted octanol–water partition coefficient (Wildman–Crippen LogP) is 2.09. The lowest BCUT2D eigenvalue weighted by Gasteiger charge is -2.26. The summed E-state index contributed by atoms with van der Waals surface area (Å²) < 4.78 is 10.7. The maximum atomic E-state index is 6.36. The van der Waals surface area contributed by atoms with Gasteiger partial charge in [0.05, 0.1) is 14.2 Å². The summed E-state index contributed by atoms with van der Waals surface area (Å²) in [5.41, 5.74) is 7.40. The van der Waals surface area contributed by atoms with Gasteiger partial charge < -0.3 is 20.5 Å². The second-order valence-electron chi connectivity index (χ2n) is 5.16. The molecule has 106 valence electrons. The van der Waals surface area contributed by atoms with Crippen molar-refractivity contribution in [1.82, 2.24) is 5.32 Å². The van der Waals surface area contributed by atoms with Crippen LogP contribution in [-0.2, 0) is 0 Å². The molecule has 0 bridgehead atoms. The lowest BCUT2D eigenvalue weighted by atomic mass is 9.89. The fourth-order valence-corrected chi connectivity index (χ4v) is 2.74. The number of nitrogens with two attached hydrogens (primary N) is 1. The van der Waals surface area contributed by atoms with E-state index < -0.39 is 0 Å². The second-order valence-corrected chi connectivity index (χ2v) is 5.16. The number of hydrogen-bond donors (Lipinski definition) is 2. The van der Waals surface area contributed by atoms with E-state index in [1.807, 2.05) is 18.2 Å². The van der Waals surface area contributed by atoms with E-state index >= 15 is 0 Å². The molecule has 1 aromatic rings. The fraction of sp³-hybridized carbons (Fsp3) is 0.600. The van der Waals surface area contributed by atoms with E-state index in [9.17, 15) is 0 Å². The minimum Gasteiger partial charge on any atom is -0.497 e. The zero-order valence-electron chi connectivity index (χ0n) is 11.8. The van der Waals surface area contributed by atoms with Crippen LogP contribution >= 0.6 is 0 Å². The molecule has 1 heterocycles. The Kier molecular flexibility index (Phi) is 5.05. The number of piperidine rings is 1. The largest absolute Gasteiger partial charge is 0.497 e. The Morgan fingerprint density at radius 2 is 2.21 bits per heavy atom. The number of benzene rings is 1. The van der Waals surface area contributed by atoms with E-state index in [-0.39, 0.29) is 6.04 Å². The molecule has 3 N–H and O–H groups in total. The van der Waals surface area contributed by atoms with Gasteiger partial charge in [-0.1, -0.05) is 0 Å². The Morgan fingerprint density at radius 3 is 2.84 bits per heavy atom. The van der Waals surface area contributed by atoms with Gasteiger partial charge in [-0.3, -0.25) is 0 Å². The minimum atomic E-state index is -0.00468. The Morgan fingerprint density at radius 1 is 1.37 bits per heavy atom. The van der Waals surface area contributed by atoms with Gasteiger partial charge in [-0.05, 0) is 56.5 Å². The molecule has 4 nitrogen and oxygen atoms in total. The molecule has 0 spiro atoms.